The molecule has 0 spiro atoms. The molecule has 2 N–H and O–H groups in total. The second kappa shape index (κ2) is 6.19. The molecule has 152 valence electrons. The number of carbonyl (C=O) groups is 1. The van der Waals surface area contributed by atoms with Crippen LogP contribution in [-0.4, -0.2) is 47.9 Å². The number of hydrogen-bond donors (Lipinski definition) is 2. The van der Waals surface area contributed by atoms with Gasteiger partial charge in [-0.2, -0.15) is 4.99 Å². The zero-order valence-electron chi connectivity index (χ0n) is 15.8. The van der Waals surface area contributed by atoms with Crippen LogP contribution in [0, 0.1) is 17.8 Å². The number of likely N-dealkylation sites (tertiary alicyclic amines) is 1. The number of carbonyl (C=O) groups excluding carboxylic acids is 1. The number of amides is 1. The lowest BCUT2D eigenvalue weighted by Crippen LogP contribution is -2.60. The molecule has 6 rings (SSSR count). The summed E-state index contributed by atoms with van der Waals surface area (Å²) in [6, 6.07) is 0. The molecule has 4 aliphatic carbocycles. The van der Waals surface area contributed by atoms with Crippen molar-refractivity contribution in [3.63, 3.8) is 0 Å². The number of nitrogens with zero attached hydrogens (tertiary/aromatic N) is 2. The van der Waals surface area contributed by atoms with Crippen LogP contribution in [0.4, 0.5) is 8.78 Å². The Balaban J connectivity index is 1.17. The first-order valence-corrected chi connectivity index (χ1v) is 10.1. The van der Waals surface area contributed by atoms with E-state index >= 15 is 0 Å². The molecule has 0 radical (unpaired) electrons. The van der Waals surface area contributed by atoms with Crippen molar-refractivity contribution in [2.45, 2.75) is 50.0 Å². The zero-order chi connectivity index (χ0) is 19.5. The minimum atomic E-state index is -2.67. The predicted molar refractivity (Wildman–Crippen MR) is 99.3 cm³/mol. The maximum Gasteiger partial charge on any atom is 0.282 e. The van der Waals surface area contributed by atoms with Crippen LogP contribution in [0.1, 0.15) is 38.5 Å². The topological polar surface area (TPSA) is 66.0 Å². The van der Waals surface area contributed by atoms with Crippen LogP contribution in [0.25, 0.3) is 0 Å². The summed E-state index contributed by atoms with van der Waals surface area (Å²) in [5, 5.41) is 6.12. The Hall–Kier alpha value is -2.12. The number of halogens is 2. The van der Waals surface area contributed by atoms with Gasteiger partial charge >= 0.3 is 0 Å². The van der Waals surface area contributed by atoms with Gasteiger partial charge < -0.3 is 20.3 Å². The van der Waals surface area contributed by atoms with E-state index in [0.717, 1.165) is 37.0 Å². The Morgan fingerprint density at radius 2 is 1.86 bits per heavy atom. The molecular formula is C20H26F2N4O2. The predicted octanol–water partition coefficient (Wildman–Crippen LogP) is 2.35. The van der Waals surface area contributed by atoms with Crippen LogP contribution in [0.5, 0.6) is 0 Å². The molecule has 6 nitrogen and oxygen atoms in total. The third-order valence-corrected chi connectivity index (χ3v) is 6.76. The Morgan fingerprint density at radius 3 is 2.43 bits per heavy atom. The van der Waals surface area contributed by atoms with Crippen molar-refractivity contribution in [2.75, 3.05) is 19.7 Å². The SMILES string of the molecule is C=C1N=C(OCC(=O)NC23CC4CC(CC(C4)C2)C3)C=C(N2CC(F)(F)C2)N1. The minimum absolute atomic E-state index is 0.0566. The normalized spacial score (nSPS) is 37.6. The fourth-order valence-electron chi connectivity index (χ4n) is 6.16. The second-order valence-electron chi connectivity index (χ2n) is 9.30. The maximum atomic E-state index is 13.1. The van der Waals surface area contributed by atoms with Crippen molar-refractivity contribution in [2.24, 2.45) is 22.7 Å². The van der Waals surface area contributed by atoms with Crippen molar-refractivity contribution in [3.8, 4) is 0 Å². The van der Waals surface area contributed by atoms with Gasteiger partial charge in [-0.25, -0.2) is 8.78 Å². The highest BCUT2D eigenvalue weighted by atomic mass is 19.3. The van der Waals surface area contributed by atoms with Crippen molar-refractivity contribution in [3.05, 3.63) is 24.3 Å². The molecule has 28 heavy (non-hydrogen) atoms. The Labute approximate surface area is 163 Å². The van der Waals surface area contributed by atoms with Crippen molar-refractivity contribution >= 4 is 11.8 Å². The number of rotatable bonds is 4. The van der Waals surface area contributed by atoms with Gasteiger partial charge in [0.2, 0.25) is 5.90 Å². The summed E-state index contributed by atoms with van der Waals surface area (Å²) in [6.45, 7) is 2.90. The quantitative estimate of drug-likeness (QED) is 0.771. The largest absolute Gasteiger partial charge is 0.467 e. The van der Waals surface area contributed by atoms with E-state index in [9.17, 15) is 13.6 Å². The number of hydrogen-bond acceptors (Lipinski definition) is 5. The summed E-state index contributed by atoms with van der Waals surface area (Å²) < 4.78 is 31.8. The van der Waals surface area contributed by atoms with Crippen LogP contribution in [0.3, 0.4) is 0 Å². The molecule has 1 saturated heterocycles. The minimum Gasteiger partial charge on any atom is -0.467 e. The summed E-state index contributed by atoms with van der Waals surface area (Å²) in [5.41, 5.74) is -0.0566. The van der Waals surface area contributed by atoms with E-state index in [0.29, 0.717) is 11.6 Å². The van der Waals surface area contributed by atoms with Crippen LogP contribution in [0.15, 0.2) is 29.3 Å². The molecule has 0 aromatic heterocycles. The molecule has 5 fully saturated rings. The van der Waals surface area contributed by atoms with E-state index in [1.807, 2.05) is 0 Å². The molecule has 2 aliphatic heterocycles. The molecule has 6 aliphatic rings. The Morgan fingerprint density at radius 1 is 1.25 bits per heavy atom. The van der Waals surface area contributed by atoms with Crippen molar-refractivity contribution in [1.29, 1.82) is 0 Å². The first kappa shape index (κ1) is 17.9. The van der Waals surface area contributed by atoms with Gasteiger partial charge in [-0.1, -0.05) is 6.58 Å². The van der Waals surface area contributed by atoms with Crippen molar-refractivity contribution in [1.82, 2.24) is 15.5 Å². The molecule has 1 amide bonds. The van der Waals surface area contributed by atoms with Gasteiger partial charge in [0.15, 0.2) is 6.61 Å². The average Bonchev–Trinajstić information content (AvgIpc) is 2.55. The third kappa shape index (κ3) is 3.37. The molecule has 4 saturated carbocycles. The van der Waals surface area contributed by atoms with Crippen LogP contribution >= 0.6 is 0 Å². The summed E-state index contributed by atoms with van der Waals surface area (Å²) in [4.78, 5) is 18.2. The van der Waals surface area contributed by atoms with Gasteiger partial charge in [-0.3, -0.25) is 4.79 Å². The second-order valence-corrected chi connectivity index (χ2v) is 9.30. The lowest BCUT2D eigenvalue weighted by atomic mass is 9.53. The fourth-order valence-corrected chi connectivity index (χ4v) is 6.16. The molecule has 0 atom stereocenters. The molecular weight excluding hydrogens is 366 g/mol. The Bertz CT molecular complexity index is 733. The summed E-state index contributed by atoms with van der Waals surface area (Å²) in [5.74, 6) is 0.455. The smallest absolute Gasteiger partial charge is 0.282 e. The van der Waals surface area contributed by atoms with E-state index in [1.54, 1.807) is 6.08 Å². The van der Waals surface area contributed by atoms with Gasteiger partial charge in [-0.15, -0.1) is 0 Å². The number of aliphatic imine (C=N–C) groups is 1. The lowest BCUT2D eigenvalue weighted by Gasteiger charge is -2.56. The zero-order valence-corrected chi connectivity index (χ0v) is 15.8. The summed E-state index contributed by atoms with van der Waals surface area (Å²) in [7, 11) is 0. The molecule has 0 aromatic carbocycles. The van der Waals surface area contributed by atoms with Crippen LogP contribution < -0.4 is 10.6 Å². The maximum absolute atomic E-state index is 13.1. The molecule has 0 unspecified atom stereocenters. The monoisotopic (exact) mass is 392 g/mol. The first-order valence-electron chi connectivity index (χ1n) is 10.1. The van der Waals surface area contributed by atoms with Crippen LogP contribution in [0.2, 0.25) is 0 Å². The lowest BCUT2D eigenvalue weighted by molar-refractivity contribution is -0.129. The average molecular weight is 392 g/mol. The van der Waals surface area contributed by atoms with Gasteiger partial charge in [0, 0.05) is 11.6 Å². The van der Waals surface area contributed by atoms with Crippen LogP contribution in [-0.2, 0) is 9.53 Å². The van der Waals surface area contributed by atoms with Gasteiger partial charge in [-0.05, 0) is 56.3 Å². The summed E-state index contributed by atoms with van der Waals surface area (Å²) >= 11 is 0. The fraction of sp³-hybridized carbons (Fsp3) is 0.700. The number of alkyl halides is 2. The number of nitrogens with one attached hydrogen (secondary N) is 2. The van der Waals surface area contributed by atoms with Gasteiger partial charge in [0.1, 0.15) is 11.6 Å². The van der Waals surface area contributed by atoms with Crippen molar-refractivity contribution < 1.29 is 18.3 Å². The highest BCUT2D eigenvalue weighted by Gasteiger charge is 2.51. The summed E-state index contributed by atoms with van der Waals surface area (Å²) in [6.07, 6.45) is 8.75. The van der Waals surface area contributed by atoms with E-state index in [1.165, 1.54) is 24.2 Å². The van der Waals surface area contributed by atoms with Gasteiger partial charge in [0.05, 0.1) is 13.1 Å². The van der Waals surface area contributed by atoms with E-state index in [-0.39, 0.29) is 37.0 Å². The first-order chi connectivity index (χ1) is 13.3. The molecule has 4 bridgehead atoms. The van der Waals surface area contributed by atoms with Gasteiger partial charge in [0.25, 0.3) is 11.8 Å². The number of ether oxygens (including phenoxy) is 1. The Kier molecular flexibility index (Phi) is 3.97. The molecule has 8 heteroatoms. The third-order valence-electron chi connectivity index (χ3n) is 6.76. The highest BCUT2D eigenvalue weighted by molar-refractivity contribution is 5.92. The molecule has 2 heterocycles. The molecule has 0 aromatic rings. The standard InChI is InChI=1S/C20H26F2N4O2/c1-12-23-16(26-10-20(21,22)11-26)5-18(24-12)28-9-17(27)25-19-6-13-2-14(7-19)4-15(3-13)8-19/h5,13-15,23H,1-4,6-11H2,(H,25,27). The van der Waals surface area contributed by atoms with E-state index in [2.05, 4.69) is 22.2 Å². The van der Waals surface area contributed by atoms with E-state index in [4.69, 9.17) is 4.74 Å². The van der Waals surface area contributed by atoms with E-state index < -0.39 is 5.92 Å². The highest BCUT2D eigenvalue weighted by Crippen LogP contribution is 2.55.